The van der Waals surface area contributed by atoms with E-state index in [9.17, 15) is 4.79 Å². The Kier molecular flexibility index (Phi) is 5.96. The number of hydrogen-bond donors (Lipinski definition) is 2. The Labute approximate surface area is 210 Å². The largest absolute Gasteiger partial charge is 0.380 e. The summed E-state index contributed by atoms with van der Waals surface area (Å²) < 4.78 is 0. The number of Topliss-reactive ketones (excluding diaryl/α,β-unsaturated/α-hetero) is 1. The number of aromatic nitrogens is 1. The topological polar surface area (TPSA) is 51.4 Å². The lowest BCUT2D eigenvalue weighted by Gasteiger charge is -2.44. The molecule has 1 aromatic heterocycles. The van der Waals surface area contributed by atoms with Gasteiger partial charge in [-0.3, -0.25) is 9.69 Å². The van der Waals surface area contributed by atoms with Gasteiger partial charge in [-0.05, 0) is 54.8 Å². The van der Waals surface area contributed by atoms with E-state index < -0.39 is 0 Å². The van der Waals surface area contributed by atoms with E-state index >= 15 is 0 Å². The lowest BCUT2D eigenvalue weighted by Crippen LogP contribution is -2.58. The molecule has 1 fully saturated rings. The minimum atomic E-state index is -0.243. The number of halogens is 1. The third-order valence-corrected chi connectivity index (χ3v) is 7.70. The number of fused-ring (bicyclic) bond motifs is 2. The molecule has 0 saturated carbocycles. The van der Waals surface area contributed by atoms with Crippen LogP contribution in [-0.4, -0.2) is 53.9 Å². The SMILES string of the molecule is O=C(c1cccc(Cl)c1)C(C1CCc2ccccc2N1)N1CCN(c2cccc3[nH]ccc23)CC1. The van der Waals surface area contributed by atoms with Crippen LogP contribution >= 0.6 is 11.6 Å². The third kappa shape index (κ3) is 4.30. The van der Waals surface area contributed by atoms with Crippen molar-refractivity contribution in [3.05, 3.63) is 95.1 Å². The fraction of sp³-hybridized carbons (Fsp3) is 0.276. The smallest absolute Gasteiger partial charge is 0.182 e. The molecule has 5 nitrogen and oxygen atoms in total. The van der Waals surface area contributed by atoms with Crippen LogP contribution in [0.2, 0.25) is 5.02 Å². The van der Waals surface area contributed by atoms with Crippen molar-refractivity contribution in [1.82, 2.24) is 9.88 Å². The van der Waals surface area contributed by atoms with Crippen LogP contribution in [0.1, 0.15) is 22.3 Å². The van der Waals surface area contributed by atoms with Gasteiger partial charge in [0, 0.05) is 71.3 Å². The van der Waals surface area contributed by atoms with Gasteiger partial charge in [-0.15, -0.1) is 0 Å². The molecule has 0 radical (unpaired) electrons. The molecule has 2 atom stereocenters. The highest BCUT2D eigenvalue weighted by Gasteiger charge is 2.37. The van der Waals surface area contributed by atoms with E-state index in [1.165, 1.54) is 16.6 Å². The summed E-state index contributed by atoms with van der Waals surface area (Å²) in [4.78, 5) is 22.1. The lowest BCUT2D eigenvalue weighted by molar-refractivity contribution is 0.0771. The van der Waals surface area contributed by atoms with Crippen LogP contribution in [0.3, 0.4) is 0 Å². The number of ketones is 1. The Morgan fingerprint density at radius 1 is 0.943 bits per heavy atom. The first kappa shape index (κ1) is 22.2. The summed E-state index contributed by atoms with van der Waals surface area (Å²) in [6.07, 6.45) is 3.90. The number of nitrogens with one attached hydrogen (secondary N) is 2. The van der Waals surface area contributed by atoms with Crippen molar-refractivity contribution >= 4 is 39.7 Å². The molecule has 2 N–H and O–H groups in total. The first-order chi connectivity index (χ1) is 17.2. The van der Waals surface area contributed by atoms with Gasteiger partial charge in [0.25, 0.3) is 0 Å². The number of hydrogen-bond acceptors (Lipinski definition) is 4. The second kappa shape index (κ2) is 9.40. The highest BCUT2D eigenvalue weighted by Crippen LogP contribution is 2.31. The van der Waals surface area contributed by atoms with Gasteiger partial charge in [0.1, 0.15) is 0 Å². The number of H-pyrrole nitrogens is 1. The molecule has 2 unspecified atom stereocenters. The predicted molar refractivity (Wildman–Crippen MR) is 144 cm³/mol. The molecule has 0 amide bonds. The third-order valence-electron chi connectivity index (χ3n) is 7.46. The number of aryl methyl sites for hydroxylation is 1. The maximum atomic E-state index is 13.9. The zero-order chi connectivity index (χ0) is 23.8. The van der Waals surface area contributed by atoms with Crippen molar-refractivity contribution in [2.45, 2.75) is 24.9 Å². The number of rotatable bonds is 5. The van der Waals surface area contributed by atoms with E-state index in [4.69, 9.17) is 11.6 Å². The van der Waals surface area contributed by atoms with Crippen molar-refractivity contribution in [2.24, 2.45) is 0 Å². The fourth-order valence-electron chi connectivity index (χ4n) is 5.70. The Morgan fingerprint density at radius 2 is 1.77 bits per heavy atom. The quantitative estimate of drug-likeness (QED) is 0.361. The molecule has 0 spiro atoms. The molecule has 6 rings (SSSR count). The van der Waals surface area contributed by atoms with Gasteiger partial charge in [0.15, 0.2) is 5.78 Å². The molecule has 0 bridgehead atoms. The number of piperazine rings is 1. The molecular formula is C29H29ClN4O. The first-order valence-corrected chi connectivity index (χ1v) is 12.7. The Hall–Kier alpha value is -3.28. The second-order valence-corrected chi connectivity index (χ2v) is 9.94. The van der Waals surface area contributed by atoms with Gasteiger partial charge in [0.2, 0.25) is 0 Å². The van der Waals surface area contributed by atoms with Gasteiger partial charge in [0.05, 0.1) is 6.04 Å². The summed E-state index contributed by atoms with van der Waals surface area (Å²) in [5.41, 5.74) is 5.56. The molecule has 1 saturated heterocycles. The highest BCUT2D eigenvalue weighted by molar-refractivity contribution is 6.31. The molecule has 2 aliphatic rings. The molecule has 4 aromatic rings. The summed E-state index contributed by atoms with van der Waals surface area (Å²) in [5.74, 6) is 0.144. The first-order valence-electron chi connectivity index (χ1n) is 12.4. The molecule has 3 aromatic carbocycles. The van der Waals surface area contributed by atoms with Crippen LogP contribution in [-0.2, 0) is 6.42 Å². The van der Waals surface area contributed by atoms with Gasteiger partial charge >= 0.3 is 0 Å². The average Bonchev–Trinajstić information content (AvgIpc) is 3.38. The number of aromatic amines is 1. The molecule has 2 aliphatic heterocycles. The highest BCUT2D eigenvalue weighted by atomic mass is 35.5. The van der Waals surface area contributed by atoms with Crippen molar-refractivity contribution in [1.29, 1.82) is 0 Å². The van der Waals surface area contributed by atoms with Gasteiger partial charge in [-0.2, -0.15) is 0 Å². The van der Waals surface area contributed by atoms with Gasteiger partial charge in [-0.1, -0.05) is 48.0 Å². The van der Waals surface area contributed by atoms with Gasteiger partial charge in [-0.25, -0.2) is 0 Å². The molecule has 6 heteroatoms. The van der Waals surface area contributed by atoms with E-state index in [0.717, 1.165) is 50.2 Å². The van der Waals surface area contributed by atoms with Crippen molar-refractivity contribution in [3.63, 3.8) is 0 Å². The zero-order valence-corrected chi connectivity index (χ0v) is 20.3. The van der Waals surface area contributed by atoms with Crippen LogP contribution in [0.15, 0.2) is 79.0 Å². The molecular weight excluding hydrogens is 456 g/mol. The van der Waals surface area contributed by atoms with Crippen LogP contribution in [0, 0.1) is 0 Å². The molecule has 3 heterocycles. The lowest BCUT2D eigenvalue weighted by atomic mass is 9.88. The Bertz CT molecular complexity index is 1360. The summed E-state index contributed by atoms with van der Waals surface area (Å²) in [6.45, 7) is 3.43. The van der Waals surface area contributed by atoms with E-state index in [1.807, 2.05) is 24.4 Å². The monoisotopic (exact) mass is 484 g/mol. The fourth-order valence-corrected chi connectivity index (χ4v) is 5.89. The normalized spacial score (nSPS) is 19.2. The standard InChI is InChI=1S/C29H29ClN4O/c30-22-7-3-6-21(19-22)29(35)28(26-12-11-20-5-1-2-8-24(20)32-26)34-17-15-33(16-18-34)27-10-4-9-25-23(27)13-14-31-25/h1-10,13-14,19,26,28,31-32H,11-12,15-18H2. The van der Waals surface area contributed by atoms with E-state index in [2.05, 4.69) is 68.6 Å². The van der Waals surface area contributed by atoms with E-state index in [1.54, 1.807) is 6.07 Å². The second-order valence-electron chi connectivity index (χ2n) is 9.51. The van der Waals surface area contributed by atoms with Crippen LogP contribution in [0.25, 0.3) is 10.9 Å². The maximum absolute atomic E-state index is 13.9. The van der Waals surface area contributed by atoms with Crippen molar-refractivity contribution in [3.8, 4) is 0 Å². The number of benzene rings is 3. The van der Waals surface area contributed by atoms with E-state index in [0.29, 0.717) is 10.6 Å². The number of carbonyl (C=O) groups excluding carboxylic acids is 1. The number of anilines is 2. The van der Waals surface area contributed by atoms with Crippen molar-refractivity contribution < 1.29 is 4.79 Å². The molecule has 35 heavy (non-hydrogen) atoms. The number of nitrogens with zero attached hydrogens (tertiary/aromatic N) is 2. The Balaban J connectivity index is 1.27. The van der Waals surface area contributed by atoms with E-state index in [-0.39, 0.29) is 17.9 Å². The summed E-state index contributed by atoms with van der Waals surface area (Å²) in [7, 11) is 0. The Morgan fingerprint density at radius 3 is 2.63 bits per heavy atom. The van der Waals surface area contributed by atoms with Crippen molar-refractivity contribution in [2.75, 3.05) is 36.4 Å². The summed E-state index contributed by atoms with van der Waals surface area (Å²) in [5, 5.41) is 5.56. The van der Waals surface area contributed by atoms with Gasteiger partial charge < -0.3 is 15.2 Å². The molecule has 0 aliphatic carbocycles. The number of carbonyl (C=O) groups is 1. The minimum Gasteiger partial charge on any atom is -0.380 e. The minimum absolute atomic E-state index is 0.0519. The predicted octanol–water partition coefficient (Wildman–Crippen LogP) is 5.62. The van der Waals surface area contributed by atoms with Crippen LogP contribution in [0.4, 0.5) is 11.4 Å². The average molecular weight is 485 g/mol. The zero-order valence-electron chi connectivity index (χ0n) is 19.6. The van der Waals surface area contributed by atoms with Crippen LogP contribution < -0.4 is 10.2 Å². The van der Waals surface area contributed by atoms with Crippen LogP contribution in [0.5, 0.6) is 0 Å². The molecule has 178 valence electrons. The summed E-state index contributed by atoms with van der Waals surface area (Å²) >= 11 is 6.27. The maximum Gasteiger partial charge on any atom is 0.182 e. The number of para-hydroxylation sites is 1. The summed E-state index contributed by atoms with van der Waals surface area (Å²) in [6, 6.07) is 24.2.